The molecule has 2 N–H and O–H groups in total. The number of anilines is 1. The van der Waals surface area contributed by atoms with E-state index in [1.807, 2.05) is 31.2 Å². The number of non-ortho nitro benzene ring substituents is 1. The van der Waals surface area contributed by atoms with E-state index in [2.05, 4.69) is 10.6 Å². The molecule has 7 nitrogen and oxygen atoms in total. The van der Waals surface area contributed by atoms with Crippen LogP contribution in [0.15, 0.2) is 72.8 Å². The SMILES string of the molecule is Cc1cccc(CNC(=O)c2ccccc2NC(=O)c2cccc([N+](=O)[O-])c2)c1. The van der Waals surface area contributed by atoms with Crippen molar-refractivity contribution in [2.24, 2.45) is 0 Å². The Morgan fingerprint density at radius 2 is 1.69 bits per heavy atom. The maximum Gasteiger partial charge on any atom is 0.270 e. The van der Waals surface area contributed by atoms with Crippen molar-refractivity contribution in [2.75, 3.05) is 5.32 Å². The van der Waals surface area contributed by atoms with E-state index in [0.29, 0.717) is 17.8 Å². The van der Waals surface area contributed by atoms with Gasteiger partial charge >= 0.3 is 0 Å². The smallest absolute Gasteiger partial charge is 0.270 e. The quantitative estimate of drug-likeness (QED) is 0.490. The molecule has 0 spiro atoms. The molecule has 0 atom stereocenters. The maximum atomic E-state index is 12.6. The zero-order valence-electron chi connectivity index (χ0n) is 15.7. The second-order valence-corrected chi connectivity index (χ2v) is 6.48. The van der Waals surface area contributed by atoms with Gasteiger partial charge in [-0.3, -0.25) is 19.7 Å². The molecule has 0 heterocycles. The van der Waals surface area contributed by atoms with Gasteiger partial charge in [0.25, 0.3) is 17.5 Å². The summed E-state index contributed by atoms with van der Waals surface area (Å²) in [5.74, 6) is -0.867. The van der Waals surface area contributed by atoms with Crippen molar-refractivity contribution in [3.8, 4) is 0 Å². The zero-order valence-corrected chi connectivity index (χ0v) is 15.7. The van der Waals surface area contributed by atoms with Gasteiger partial charge in [-0.2, -0.15) is 0 Å². The van der Waals surface area contributed by atoms with Gasteiger partial charge in [0.2, 0.25) is 0 Å². The molecular formula is C22H19N3O4. The van der Waals surface area contributed by atoms with Crippen LogP contribution in [0.2, 0.25) is 0 Å². The summed E-state index contributed by atoms with van der Waals surface area (Å²) in [4.78, 5) is 35.5. The van der Waals surface area contributed by atoms with E-state index in [-0.39, 0.29) is 17.2 Å². The first-order valence-corrected chi connectivity index (χ1v) is 8.92. The molecule has 3 aromatic rings. The Hall–Kier alpha value is -4.00. The summed E-state index contributed by atoms with van der Waals surface area (Å²) >= 11 is 0. The van der Waals surface area contributed by atoms with Gasteiger partial charge in [-0.15, -0.1) is 0 Å². The van der Waals surface area contributed by atoms with Crippen molar-refractivity contribution in [1.29, 1.82) is 0 Å². The molecule has 0 aliphatic heterocycles. The largest absolute Gasteiger partial charge is 0.348 e. The third kappa shape index (κ3) is 5.04. The van der Waals surface area contributed by atoms with Gasteiger partial charge in [0.15, 0.2) is 0 Å². The first kappa shape index (κ1) is 19.8. The predicted octanol–water partition coefficient (Wildman–Crippen LogP) is 4.09. The lowest BCUT2D eigenvalue weighted by Crippen LogP contribution is -2.25. The van der Waals surface area contributed by atoms with E-state index >= 15 is 0 Å². The Labute approximate surface area is 167 Å². The van der Waals surface area contributed by atoms with Crippen LogP contribution < -0.4 is 10.6 Å². The highest BCUT2D eigenvalue weighted by atomic mass is 16.6. The highest BCUT2D eigenvalue weighted by molar-refractivity contribution is 6.09. The van der Waals surface area contributed by atoms with E-state index in [1.54, 1.807) is 24.3 Å². The van der Waals surface area contributed by atoms with Crippen LogP contribution in [0.5, 0.6) is 0 Å². The lowest BCUT2D eigenvalue weighted by Gasteiger charge is -2.12. The number of para-hydroxylation sites is 1. The number of amides is 2. The third-order valence-corrected chi connectivity index (χ3v) is 4.27. The number of carbonyl (C=O) groups excluding carboxylic acids is 2. The fraction of sp³-hybridized carbons (Fsp3) is 0.0909. The molecule has 29 heavy (non-hydrogen) atoms. The summed E-state index contributed by atoms with van der Waals surface area (Å²) in [5, 5.41) is 16.4. The molecule has 0 radical (unpaired) electrons. The lowest BCUT2D eigenvalue weighted by molar-refractivity contribution is -0.384. The van der Waals surface area contributed by atoms with Crippen LogP contribution >= 0.6 is 0 Å². The van der Waals surface area contributed by atoms with Crippen molar-refractivity contribution in [1.82, 2.24) is 5.32 Å². The first-order valence-electron chi connectivity index (χ1n) is 8.92. The van der Waals surface area contributed by atoms with Crippen LogP contribution in [0.25, 0.3) is 0 Å². The molecule has 7 heteroatoms. The summed E-state index contributed by atoms with van der Waals surface area (Å²) in [6.45, 7) is 2.33. The van der Waals surface area contributed by atoms with Gasteiger partial charge < -0.3 is 10.6 Å². The summed E-state index contributed by atoms with van der Waals surface area (Å²) in [7, 11) is 0. The highest BCUT2D eigenvalue weighted by Gasteiger charge is 2.16. The summed E-state index contributed by atoms with van der Waals surface area (Å²) in [5.41, 5.74) is 2.65. The molecule has 3 rings (SSSR count). The number of nitro groups is 1. The molecular weight excluding hydrogens is 370 g/mol. The zero-order chi connectivity index (χ0) is 20.8. The van der Waals surface area contributed by atoms with E-state index in [1.165, 1.54) is 24.3 Å². The molecule has 0 unspecified atom stereocenters. The van der Waals surface area contributed by atoms with Gasteiger partial charge in [0.1, 0.15) is 0 Å². The summed E-state index contributed by atoms with van der Waals surface area (Å²) in [6, 6.07) is 19.8. The van der Waals surface area contributed by atoms with Crippen molar-refractivity contribution < 1.29 is 14.5 Å². The topological polar surface area (TPSA) is 101 Å². The van der Waals surface area contributed by atoms with Crippen molar-refractivity contribution >= 4 is 23.2 Å². The number of hydrogen-bond donors (Lipinski definition) is 2. The number of nitrogens with zero attached hydrogens (tertiary/aromatic N) is 1. The average Bonchev–Trinajstić information content (AvgIpc) is 2.72. The first-order chi connectivity index (χ1) is 13.9. The molecule has 2 amide bonds. The number of nitrogens with one attached hydrogen (secondary N) is 2. The lowest BCUT2D eigenvalue weighted by atomic mass is 10.1. The molecule has 0 saturated heterocycles. The van der Waals surface area contributed by atoms with Crippen LogP contribution in [0, 0.1) is 17.0 Å². The third-order valence-electron chi connectivity index (χ3n) is 4.27. The molecule has 0 saturated carbocycles. The molecule has 3 aromatic carbocycles. The second kappa shape index (κ2) is 8.79. The van der Waals surface area contributed by atoms with Gasteiger partial charge in [-0.05, 0) is 30.7 Å². The molecule has 146 valence electrons. The van der Waals surface area contributed by atoms with Crippen molar-refractivity contribution in [3.05, 3.63) is 105 Å². The average molecular weight is 389 g/mol. The highest BCUT2D eigenvalue weighted by Crippen LogP contribution is 2.18. The second-order valence-electron chi connectivity index (χ2n) is 6.48. The number of rotatable bonds is 6. The minimum atomic E-state index is -0.566. The van der Waals surface area contributed by atoms with Crippen LogP contribution in [0.1, 0.15) is 31.8 Å². The normalized spacial score (nSPS) is 10.2. The van der Waals surface area contributed by atoms with E-state index < -0.39 is 10.8 Å². The van der Waals surface area contributed by atoms with Gasteiger partial charge in [0, 0.05) is 24.2 Å². The number of benzene rings is 3. The Kier molecular flexibility index (Phi) is 5.99. The number of carbonyl (C=O) groups is 2. The summed E-state index contributed by atoms with van der Waals surface area (Å²) in [6.07, 6.45) is 0. The van der Waals surface area contributed by atoms with E-state index in [9.17, 15) is 19.7 Å². The Bertz CT molecular complexity index is 1080. The predicted molar refractivity (Wildman–Crippen MR) is 110 cm³/mol. The number of nitro benzene ring substituents is 1. The van der Waals surface area contributed by atoms with Crippen molar-refractivity contribution in [3.63, 3.8) is 0 Å². The van der Waals surface area contributed by atoms with Gasteiger partial charge in [-0.1, -0.05) is 48.0 Å². The number of aryl methyl sites for hydroxylation is 1. The monoisotopic (exact) mass is 389 g/mol. The van der Waals surface area contributed by atoms with Crippen LogP contribution in [0.3, 0.4) is 0 Å². The van der Waals surface area contributed by atoms with Crippen molar-refractivity contribution in [2.45, 2.75) is 13.5 Å². The Morgan fingerprint density at radius 3 is 2.45 bits per heavy atom. The standard InChI is InChI=1S/C22H19N3O4/c1-15-6-4-7-16(12-15)14-23-22(27)19-10-2-3-11-20(19)24-21(26)17-8-5-9-18(13-17)25(28)29/h2-13H,14H2,1H3,(H,23,27)(H,24,26). The fourth-order valence-corrected chi connectivity index (χ4v) is 2.84. The Morgan fingerprint density at radius 1 is 0.931 bits per heavy atom. The minimum absolute atomic E-state index is 0.133. The maximum absolute atomic E-state index is 12.6. The van der Waals surface area contributed by atoms with Gasteiger partial charge in [-0.25, -0.2) is 0 Å². The summed E-state index contributed by atoms with van der Waals surface area (Å²) < 4.78 is 0. The van der Waals surface area contributed by atoms with Crippen LogP contribution in [0.4, 0.5) is 11.4 Å². The molecule has 0 bridgehead atoms. The van der Waals surface area contributed by atoms with Gasteiger partial charge in [0.05, 0.1) is 16.2 Å². The Balaban J connectivity index is 1.74. The molecule has 0 aliphatic rings. The van der Waals surface area contributed by atoms with E-state index in [4.69, 9.17) is 0 Å². The molecule has 0 aromatic heterocycles. The van der Waals surface area contributed by atoms with Crippen LogP contribution in [-0.2, 0) is 6.54 Å². The minimum Gasteiger partial charge on any atom is -0.348 e. The molecule has 0 aliphatic carbocycles. The molecule has 0 fully saturated rings. The van der Waals surface area contributed by atoms with E-state index in [0.717, 1.165) is 11.1 Å². The number of hydrogen-bond acceptors (Lipinski definition) is 4. The fourth-order valence-electron chi connectivity index (χ4n) is 2.84. The van der Waals surface area contributed by atoms with Crippen LogP contribution in [-0.4, -0.2) is 16.7 Å².